The van der Waals surface area contributed by atoms with Crippen LogP contribution in [0.4, 0.5) is 0 Å². The lowest BCUT2D eigenvalue weighted by molar-refractivity contribution is -0.141. The topological polar surface area (TPSA) is 37.3 Å². The van der Waals surface area contributed by atoms with E-state index >= 15 is 0 Å². The average molecular weight is 367 g/mol. The summed E-state index contributed by atoms with van der Waals surface area (Å²) in [5, 5.41) is 9.40. The number of allylic oxidation sites excluding steroid dienone is 8. The molecule has 0 aromatic heterocycles. The summed E-state index contributed by atoms with van der Waals surface area (Å²) in [6.07, 6.45) is 24.7. The van der Waals surface area contributed by atoms with E-state index in [9.17, 15) is 9.90 Å². The van der Waals surface area contributed by atoms with Crippen molar-refractivity contribution in [2.75, 3.05) is 0 Å². The number of benzene rings is 1. The molecule has 1 aromatic rings. The number of carboxylic acids is 1. The second kappa shape index (κ2) is 15.9. The van der Waals surface area contributed by atoms with Gasteiger partial charge in [0.05, 0.1) is 5.92 Å². The van der Waals surface area contributed by atoms with Gasteiger partial charge >= 0.3 is 5.97 Å². The van der Waals surface area contributed by atoms with Gasteiger partial charge in [-0.1, -0.05) is 85.9 Å². The van der Waals surface area contributed by atoms with Crippen LogP contribution in [0.2, 0.25) is 0 Å². The van der Waals surface area contributed by atoms with Gasteiger partial charge in [-0.2, -0.15) is 0 Å². The van der Waals surface area contributed by atoms with Crippen LogP contribution < -0.4 is 0 Å². The van der Waals surface area contributed by atoms with Crippen LogP contribution in [-0.4, -0.2) is 11.1 Å². The van der Waals surface area contributed by atoms with E-state index in [1.165, 1.54) is 0 Å². The van der Waals surface area contributed by atoms with Gasteiger partial charge in [-0.05, 0) is 56.9 Å². The van der Waals surface area contributed by atoms with Gasteiger partial charge in [-0.3, -0.25) is 4.79 Å². The molecule has 2 heteroatoms. The minimum absolute atomic E-state index is 0.292. The predicted molar refractivity (Wildman–Crippen MR) is 116 cm³/mol. The SMILES string of the molecule is CC/C=C\C/C=C\C/C=C\C/C=C\CCCC(Cc1ccccc1)C(=O)O. The molecule has 0 heterocycles. The summed E-state index contributed by atoms with van der Waals surface area (Å²) in [6.45, 7) is 2.14. The van der Waals surface area contributed by atoms with Gasteiger partial charge in [0.25, 0.3) is 0 Å². The van der Waals surface area contributed by atoms with E-state index in [0.29, 0.717) is 6.42 Å². The van der Waals surface area contributed by atoms with Crippen LogP contribution in [-0.2, 0) is 11.2 Å². The second-order valence-corrected chi connectivity index (χ2v) is 6.66. The van der Waals surface area contributed by atoms with Crippen molar-refractivity contribution in [3.63, 3.8) is 0 Å². The Morgan fingerprint density at radius 3 is 2.00 bits per heavy atom. The van der Waals surface area contributed by atoms with Crippen molar-refractivity contribution in [1.82, 2.24) is 0 Å². The highest BCUT2D eigenvalue weighted by atomic mass is 16.4. The van der Waals surface area contributed by atoms with Crippen molar-refractivity contribution in [2.45, 2.75) is 58.3 Å². The Balaban J connectivity index is 2.14. The smallest absolute Gasteiger partial charge is 0.306 e. The van der Waals surface area contributed by atoms with Crippen molar-refractivity contribution in [2.24, 2.45) is 5.92 Å². The lowest BCUT2D eigenvalue weighted by atomic mass is 9.94. The molecule has 0 amide bonds. The molecule has 146 valence electrons. The van der Waals surface area contributed by atoms with Crippen LogP contribution in [0.25, 0.3) is 0 Å². The van der Waals surface area contributed by atoms with Crippen molar-refractivity contribution in [1.29, 1.82) is 0 Å². The Kier molecular flexibility index (Phi) is 13.3. The van der Waals surface area contributed by atoms with Crippen LogP contribution in [0.1, 0.15) is 57.4 Å². The van der Waals surface area contributed by atoms with Gasteiger partial charge in [-0.15, -0.1) is 0 Å². The van der Waals surface area contributed by atoms with Crippen LogP contribution >= 0.6 is 0 Å². The van der Waals surface area contributed by atoms with E-state index in [1.54, 1.807) is 0 Å². The van der Waals surface area contributed by atoms with Crippen LogP contribution in [0.15, 0.2) is 78.9 Å². The normalized spacial score (nSPS) is 13.4. The largest absolute Gasteiger partial charge is 0.481 e. The monoisotopic (exact) mass is 366 g/mol. The van der Waals surface area contributed by atoms with Crippen molar-refractivity contribution >= 4 is 5.97 Å². The molecule has 0 saturated heterocycles. The highest BCUT2D eigenvalue weighted by molar-refractivity contribution is 5.70. The molecular weight excluding hydrogens is 332 g/mol. The summed E-state index contributed by atoms with van der Waals surface area (Å²) in [5.41, 5.74) is 1.10. The second-order valence-electron chi connectivity index (χ2n) is 6.66. The summed E-state index contributed by atoms with van der Waals surface area (Å²) in [4.78, 5) is 11.4. The molecule has 27 heavy (non-hydrogen) atoms. The molecular formula is C25H34O2. The lowest BCUT2D eigenvalue weighted by Crippen LogP contribution is -2.16. The Hall–Kier alpha value is -2.35. The molecule has 1 unspecified atom stereocenters. The zero-order valence-corrected chi connectivity index (χ0v) is 16.6. The molecule has 0 saturated carbocycles. The fourth-order valence-corrected chi connectivity index (χ4v) is 2.79. The Bertz CT molecular complexity index is 608. The van der Waals surface area contributed by atoms with Gasteiger partial charge in [0.1, 0.15) is 0 Å². The maximum atomic E-state index is 11.4. The van der Waals surface area contributed by atoms with Crippen molar-refractivity contribution in [3.8, 4) is 0 Å². The Labute approximate surface area is 165 Å². The molecule has 0 bridgehead atoms. The molecule has 0 spiro atoms. The molecule has 2 nitrogen and oxygen atoms in total. The van der Waals surface area contributed by atoms with E-state index in [2.05, 4.69) is 55.5 Å². The van der Waals surface area contributed by atoms with Gasteiger partial charge in [0.2, 0.25) is 0 Å². The zero-order valence-electron chi connectivity index (χ0n) is 16.6. The molecule has 1 aromatic carbocycles. The summed E-state index contributed by atoms with van der Waals surface area (Å²) in [5.74, 6) is -0.983. The molecule has 1 N–H and O–H groups in total. The molecule has 0 aliphatic carbocycles. The van der Waals surface area contributed by atoms with Crippen molar-refractivity contribution in [3.05, 3.63) is 84.5 Å². The van der Waals surface area contributed by atoms with E-state index in [4.69, 9.17) is 0 Å². The predicted octanol–water partition coefficient (Wildman–Crippen LogP) is 6.91. The molecule has 1 rings (SSSR count). The minimum Gasteiger partial charge on any atom is -0.481 e. The summed E-state index contributed by atoms with van der Waals surface area (Å²) < 4.78 is 0. The minimum atomic E-state index is -0.691. The first-order valence-corrected chi connectivity index (χ1v) is 10.1. The number of aliphatic carboxylic acids is 1. The summed E-state index contributed by atoms with van der Waals surface area (Å²) >= 11 is 0. The highest BCUT2D eigenvalue weighted by Crippen LogP contribution is 2.16. The van der Waals surface area contributed by atoms with E-state index in [1.807, 2.05) is 30.3 Å². The number of carboxylic acid groups (broad SMARTS) is 1. The lowest BCUT2D eigenvalue weighted by Gasteiger charge is -2.11. The van der Waals surface area contributed by atoms with Gasteiger partial charge in [-0.25, -0.2) is 0 Å². The molecule has 0 aliphatic heterocycles. The third-order valence-corrected chi connectivity index (χ3v) is 4.32. The fraction of sp³-hybridized carbons (Fsp3) is 0.400. The summed E-state index contributed by atoms with van der Waals surface area (Å²) in [6, 6.07) is 9.88. The maximum Gasteiger partial charge on any atom is 0.306 e. The number of unbranched alkanes of at least 4 members (excludes halogenated alkanes) is 1. The van der Waals surface area contributed by atoms with Crippen LogP contribution in [0, 0.1) is 5.92 Å². The quantitative estimate of drug-likeness (QED) is 0.287. The van der Waals surface area contributed by atoms with Gasteiger partial charge < -0.3 is 5.11 Å². The van der Waals surface area contributed by atoms with E-state index < -0.39 is 5.97 Å². The Morgan fingerprint density at radius 1 is 0.889 bits per heavy atom. The first kappa shape index (κ1) is 22.7. The van der Waals surface area contributed by atoms with Crippen LogP contribution in [0.3, 0.4) is 0 Å². The highest BCUT2D eigenvalue weighted by Gasteiger charge is 2.16. The van der Waals surface area contributed by atoms with E-state index in [0.717, 1.165) is 50.5 Å². The number of hydrogen-bond acceptors (Lipinski definition) is 1. The number of rotatable bonds is 14. The molecule has 1 atom stereocenters. The first-order valence-electron chi connectivity index (χ1n) is 10.1. The standard InChI is InChI=1S/C25H34O2/c1-2-3-4-5-6-7-8-9-10-11-12-13-14-18-21-24(25(26)27)22-23-19-16-15-17-20-23/h3-4,6-7,9-10,12-13,15-17,19-20,24H,2,5,8,11,14,18,21-22H2,1H3,(H,26,27)/b4-3-,7-6-,10-9-,13-12-. The third kappa shape index (κ3) is 12.6. The molecule has 0 aliphatic rings. The van der Waals surface area contributed by atoms with E-state index in [-0.39, 0.29) is 5.92 Å². The van der Waals surface area contributed by atoms with Gasteiger partial charge in [0.15, 0.2) is 0 Å². The molecule has 0 radical (unpaired) electrons. The first-order chi connectivity index (χ1) is 13.2. The average Bonchev–Trinajstić information content (AvgIpc) is 2.68. The van der Waals surface area contributed by atoms with Crippen molar-refractivity contribution < 1.29 is 9.90 Å². The number of hydrogen-bond donors (Lipinski definition) is 1. The fourth-order valence-electron chi connectivity index (χ4n) is 2.79. The third-order valence-electron chi connectivity index (χ3n) is 4.32. The zero-order chi connectivity index (χ0) is 19.6. The maximum absolute atomic E-state index is 11.4. The molecule has 0 fully saturated rings. The Morgan fingerprint density at radius 2 is 1.44 bits per heavy atom. The number of carbonyl (C=O) groups is 1. The van der Waals surface area contributed by atoms with Crippen LogP contribution in [0.5, 0.6) is 0 Å². The van der Waals surface area contributed by atoms with Gasteiger partial charge in [0, 0.05) is 0 Å². The summed E-state index contributed by atoms with van der Waals surface area (Å²) in [7, 11) is 0.